The van der Waals surface area contributed by atoms with Crippen LogP contribution in [0.1, 0.15) is 16.8 Å². The molecule has 0 aliphatic carbocycles. The Morgan fingerprint density at radius 3 is 2.88 bits per heavy atom. The molecule has 1 atom stereocenters. The van der Waals surface area contributed by atoms with E-state index in [0.717, 1.165) is 0 Å². The van der Waals surface area contributed by atoms with Gasteiger partial charge in [-0.05, 0) is 30.6 Å². The maximum Gasteiger partial charge on any atom is 0.253 e. The highest BCUT2D eigenvalue weighted by atomic mass is 32.2. The van der Waals surface area contributed by atoms with Crippen molar-refractivity contribution < 1.29 is 14.7 Å². The van der Waals surface area contributed by atoms with Crippen LogP contribution in [0.2, 0.25) is 0 Å². The molecule has 92 valence electrons. The summed E-state index contributed by atoms with van der Waals surface area (Å²) in [5, 5.41) is 13.2. The number of carbonyl (C=O) groups is 2. The number of nitrogens with zero attached hydrogens (tertiary/aromatic N) is 1. The highest BCUT2D eigenvalue weighted by Crippen LogP contribution is 2.02. The van der Waals surface area contributed by atoms with Crippen LogP contribution in [0.5, 0.6) is 0 Å². The van der Waals surface area contributed by atoms with Gasteiger partial charge in [-0.3, -0.25) is 9.78 Å². The Morgan fingerprint density at radius 2 is 2.35 bits per heavy atom. The number of carbonyl (C=O) groups excluding carboxylic acids is 2. The Labute approximate surface area is 104 Å². The fraction of sp³-hybridized carbons (Fsp3) is 0.364. The molecule has 1 N–H and O–H groups in total. The molecule has 1 rings (SSSR count). The predicted octanol–water partition coefficient (Wildman–Crippen LogP) is -0.317. The van der Waals surface area contributed by atoms with E-state index < -0.39 is 17.9 Å². The van der Waals surface area contributed by atoms with Crippen molar-refractivity contribution in [3.05, 3.63) is 30.1 Å². The van der Waals surface area contributed by atoms with Gasteiger partial charge >= 0.3 is 0 Å². The topological polar surface area (TPSA) is 82.1 Å². The normalized spacial score (nSPS) is 11.8. The van der Waals surface area contributed by atoms with Gasteiger partial charge in [0.2, 0.25) is 0 Å². The van der Waals surface area contributed by atoms with E-state index in [9.17, 15) is 14.7 Å². The lowest BCUT2D eigenvalue weighted by Gasteiger charge is -2.19. The second-order valence-corrected chi connectivity index (χ2v) is 4.35. The van der Waals surface area contributed by atoms with Crippen LogP contribution in [0.25, 0.3) is 0 Å². The lowest BCUT2D eigenvalue weighted by atomic mass is 10.2. The zero-order chi connectivity index (χ0) is 12.7. The van der Waals surface area contributed by atoms with Crippen molar-refractivity contribution in [2.45, 2.75) is 12.5 Å². The minimum Gasteiger partial charge on any atom is -0.548 e. The third kappa shape index (κ3) is 4.44. The predicted molar refractivity (Wildman–Crippen MR) is 63.5 cm³/mol. The van der Waals surface area contributed by atoms with Crippen LogP contribution >= 0.6 is 11.8 Å². The van der Waals surface area contributed by atoms with Crippen molar-refractivity contribution in [1.29, 1.82) is 0 Å². The van der Waals surface area contributed by atoms with Gasteiger partial charge in [0, 0.05) is 12.4 Å². The van der Waals surface area contributed by atoms with E-state index in [1.807, 2.05) is 6.26 Å². The zero-order valence-electron chi connectivity index (χ0n) is 9.38. The van der Waals surface area contributed by atoms with Gasteiger partial charge in [-0.25, -0.2) is 0 Å². The summed E-state index contributed by atoms with van der Waals surface area (Å²) in [5.41, 5.74) is 0.336. The standard InChI is InChI=1S/C11H14N2O3S/c1-17-6-4-9(11(15)16)13-10(14)8-3-2-5-12-7-8/h2-3,5,7,9H,4,6H2,1H3,(H,13,14)(H,15,16)/p-1/t9-/m1/s1. The maximum atomic E-state index is 11.7. The van der Waals surface area contributed by atoms with Gasteiger partial charge in [-0.15, -0.1) is 0 Å². The summed E-state index contributed by atoms with van der Waals surface area (Å²) in [7, 11) is 0. The first-order chi connectivity index (χ1) is 8.15. The van der Waals surface area contributed by atoms with E-state index in [4.69, 9.17) is 0 Å². The van der Waals surface area contributed by atoms with Crippen molar-refractivity contribution in [3.8, 4) is 0 Å². The summed E-state index contributed by atoms with van der Waals surface area (Å²) in [6.07, 6.45) is 5.14. The quantitative estimate of drug-likeness (QED) is 0.751. The van der Waals surface area contributed by atoms with Crippen LogP contribution in [-0.4, -0.2) is 34.9 Å². The van der Waals surface area contributed by atoms with Crippen LogP contribution in [0.3, 0.4) is 0 Å². The van der Waals surface area contributed by atoms with Gasteiger partial charge < -0.3 is 15.2 Å². The number of amides is 1. The van der Waals surface area contributed by atoms with E-state index in [2.05, 4.69) is 10.3 Å². The third-order valence-corrected chi connectivity index (χ3v) is 2.77. The van der Waals surface area contributed by atoms with Crippen LogP contribution in [-0.2, 0) is 4.79 Å². The number of thioether (sulfide) groups is 1. The average Bonchev–Trinajstić information content (AvgIpc) is 2.35. The Hall–Kier alpha value is -1.56. The molecule has 1 aromatic rings. The number of nitrogens with one attached hydrogen (secondary N) is 1. The third-order valence-electron chi connectivity index (χ3n) is 2.12. The van der Waals surface area contributed by atoms with E-state index in [0.29, 0.717) is 17.7 Å². The maximum absolute atomic E-state index is 11.7. The lowest BCUT2D eigenvalue weighted by Crippen LogP contribution is -2.48. The van der Waals surface area contributed by atoms with Gasteiger partial charge in [-0.2, -0.15) is 11.8 Å². The molecule has 0 aliphatic rings. The van der Waals surface area contributed by atoms with E-state index in [1.165, 1.54) is 18.0 Å². The summed E-state index contributed by atoms with van der Waals surface area (Å²) < 4.78 is 0. The number of pyridine rings is 1. The molecule has 0 fully saturated rings. The van der Waals surface area contributed by atoms with Crippen molar-refractivity contribution >= 4 is 23.6 Å². The highest BCUT2D eigenvalue weighted by Gasteiger charge is 2.14. The van der Waals surface area contributed by atoms with Crippen LogP contribution in [0.4, 0.5) is 0 Å². The van der Waals surface area contributed by atoms with Crippen LogP contribution in [0, 0.1) is 0 Å². The van der Waals surface area contributed by atoms with Gasteiger partial charge in [-0.1, -0.05) is 0 Å². The molecule has 0 saturated carbocycles. The number of aliphatic carboxylic acids is 1. The molecule has 1 amide bonds. The Kier molecular flexibility index (Phi) is 5.48. The molecule has 6 heteroatoms. The molecule has 0 aliphatic heterocycles. The largest absolute Gasteiger partial charge is 0.548 e. The first-order valence-electron chi connectivity index (χ1n) is 5.06. The Bertz CT molecular complexity index is 384. The van der Waals surface area contributed by atoms with Gasteiger partial charge in [0.1, 0.15) is 0 Å². The molecule has 0 saturated heterocycles. The molecule has 0 radical (unpaired) electrons. The van der Waals surface area contributed by atoms with Gasteiger partial charge in [0.15, 0.2) is 0 Å². The second-order valence-electron chi connectivity index (χ2n) is 3.37. The van der Waals surface area contributed by atoms with Crippen molar-refractivity contribution in [2.24, 2.45) is 0 Å². The highest BCUT2D eigenvalue weighted by molar-refractivity contribution is 7.98. The minimum absolute atomic E-state index is 0.336. The molecule has 0 aromatic carbocycles. The van der Waals surface area contributed by atoms with E-state index >= 15 is 0 Å². The number of hydrogen-bond donors (Lipinski definition) is 1. The van der Waals surface area contributed by atoms with E-state index in [-0.39, 0.29) is 0 Å². The average molecular weight is 253 g/mol. The van der Waals surface area contributed by atoms with Gasteiger partial charge in [0.25, 0.3) is 5.91 Å². The number of carboxylic acids is 1. The molecule has 17 heavy (non-hydrogen) atoms. The fourth-order valence-corrected chi connectivity index (χ4v) is 1.69. The summed E-state index contributed by atoms with van der Waals surface area (Å²) in [4.78, 5) is 26.3. The molecular formula is C11H13N2O3S-. The minimum atomic E-state index is -1.27. The number of hydrogen-bond acceptors (Lipinski definition) is 5. The zero-order valence-corrected chi connectivity index (χ0v) is 10.2. The number of rotatable bonds is 6. The SMILES string of the molecule is CSCC[C@@H](NC(=O)c1cccnc1)C(=O)[O-]. The van der Waals surface area contributed by atoms with E-state index in [1.54, 1.807) is 18.3 Å². The smallest absolute Gasteiger partial charge is 0.253 e. The first kappa shape index (κ1) is 13.5. The molecule has 1 heterocycles. The molecule has 0 bridgehead atoms. The molecule has 5 nitrogen and oxygen atoms in total. The van der Waals surface area contributed by atoms with Crippen LogP contribution < -0.4 is 10.4 Å². The number of carboxylic acid groups (broad SMARTS) is 1. The molecule has 0 unspecified atom stereocenters. The van der Waals surface area contributed by atoms with Crippen molar-refractivity contribution in [2.75, 3.05) is 12.0 Å². The van der Waals surface area contributed by atoms with Crippen LogP contribution in [0.15, 0.2) is 24.5 Å². The monoisotopic (exact) mass is 253 g/mol. The molecule has 1 aromatic heterocycles. The lowest BCUT2D eigenvalue weighted by molar-refractivity contribution is -0.308. The summed E-state index contributed by atoms with van der Waals surface area (Å²) in [6.45, 7) is 0. The first-order valence-corrected chi connectivity index (χ1v) is 6.45. The molecular weight excluding hydrogens is 240 g/mol. The summed E-state index contributed by atoms with van der Waals surface area (Å²) >= 11 is 1.52. The Balaban J connectivity index is 2.61. The molecule has 0 spiro atoms. The van der Waals surface area contributed by atoms with Crippen molar-refractivity contribution in [3.63, 3.8) is 0 Å². The van der Waals surface area contributed by atoms with Crippen molar-refractivity contribution in [1.82, 2.24) is 10.3 Å². The summed E-state index contributed by atoms with van der Waals surface area (Å²) in [5.74, 6) is -1.07. The summed E-state index contributed by atoms with van der Waals surface area (Å²) in [6, 6.07) is 2.23. The Morgan fingerprint density at radius 1 is 1.59 bits per heavy atom. The van der Waals surface area contributed by atoms with Gasteiger partial charge in [0.05, 0.1) is 17.6 Å². The second kappa shape index (κ2) is 6.90. The number of aromatic nitrogens is 1. The fourth-order valence-electron chi connectivity index (χ4n) is 1.22.